The molecule has 0 unspecified atom stereocenters. The van der Waals surface area contributed by atoms with Crippen molar-refractivity contribution in [1.82, 2.24) is 9.47 Å². The van der Waals surface area contributed by atoms with Gasteiger partial charge in [0.05, 0.1) is 22.4 Å². The lowest BCUT2D eigenvalue weighted by atomic mass is 9.89. The van der Waals surface area contributed by atoms with Crippen LogP contribution in [-0.2, 0) is 16.0 Å². The van der Waals surface area contributed by atoms with Crippen LogP contribution in [0.5, 0.6) is 0 Å². The lowest BCUT2D eigenvalue weighted by Gasteiger charge is -2.37. The number of ether oxygens (including phenoxy) is 2. The molecule has 0 atom stereocenters. The molecule has 1 aliphatic rings. The van der Waals surface area contributed by atoms with Crippen LogP contribution in [-0.4, -0.2) is 68.2 Å². The molecule has 2 aromatic rings. The van der Waals surface area contributed by atoms with Crippen molar-refractivity contribution in [3.63, 3.8) is 0 Å². The van der Waals surface area contributed by atoms with Gasteiger partial charge in [-0.1, -0.05) is 6.07 Å². The lowest BCUT2D eigenvalue weighted by Crippen LogP contribution is -2.43. The average molecular weight is 553 g/mol. The minimum Gasteiger partial charge on any atom is -0.383 e. The molecule has 31 heavy (non-hydrogen) atoms. The predicted molar refractivity (Wildman–Crippen MR) is 126 cm³/mol. The number of fused-ring (bicyclic) bond motifs is 1. The van der Waals surface area contributed by atoms with Gasteiger partial charge in [0, 0.05) is 50.5 Å². The Morgan fingerprint density at radius 2 is 1.74 bits per heavy atom. The van der Waals surface area contributed by atoms with Gasteiger partial charge in [-0.3, -0.25) is 4.90 Å². The first-order valence-corrected chi connectivity index (χ1v) is 11.7. The molecule has 3 rings (SSSR count). The van der Waals surface area contributed by atoms with Crippen molar-refractivity contribution in [2.45, 2.75) is 50.5 Å². The van der Waals surface area contributed by atoms with E-state index in [-0.39, 0.29) is 0 Å². The molecule has 1 fully saturated rings. The van der Waals surface area contributed by atoms with E-state index in [4.69, 9.17) is 9.47 Å². The highest BCUT2D eigenvalue weighted by atomic mass is 127. The molecule has 0 saturated heterocycles. The Morgan fingerprint density at radius 1 is 1.10 bits per heavy atom. The summed E-state index contributed by atoms with van der Waals surface area (Å²) in [6, 6.07) is 8.22. The third kappa shape index (κ3) is 6.72. The van der Waals surface area contributed by atoms with E-state index in [1.807, 2.05) is 40.8 Å². The van der Waals surface area contributed by atoms with Gasteiger partial charge in [-0.25, -0.2) is 0 Å². The number of benzene rings is 1. The molecule has 0 spiro atoms. The summed E-state index contributed by atoms with van der Waals surface area (Å²) < 4.78 is 51.4. The zero-order valence-electron chi connectivity index (χ0n) is 18.1. The first kappa shape index (κ1) is 24.6. The van der Waals surface area contributed by atoms with Crippen molar-refractivity contribution >= 4 is 39.2 Å². The normalized spacial score (nSPS) is 20.0. The van der Waals surface area contributed by atoms with Crippen LogP contribution in [0, 0.1) is 3.70 Å². The van der Waals surface area contributed by atoms with E-state index in [9.17, 15) is 13.2 Å². The monoisotopic (exact) mass is 553 g/mol. The molecule has 9 heteroatoms. The zero-order chi connectivity index (χ0) is 22.4. The number of halogens is 4. The fraction of sp³-hybridized carbons (Fsp3) is 0.636. The number of aromatic nitrogens is 1. The van der Waals surface area contributed by atoms with Gasteiger partial charge in [0.15, 0.2) is 0 Å². The Hall–Kier alpha value is -1.04. The Balaban J connectivity index is 1.65. The molecule has 5 nitrogen and oxygen atoms in total. The summed E-state index contributed by atoms with van der Waals surface area (Å²) in [5.74, 6) is 0. The van der Waals surface area contributed by atoms with Crippen LogP contribution in [0.4, 0.5) is 18.9 Å². The van der Waals surface area contributed by atoms with Crippen LogP contribution in [0.1, 0.15) is 25.7 Å². The Morgan fingerprint density at radius 3 is 2.32 bits per heavy atom. The molecule has 0 aliphatic heterocycles. The SMILES string of the molecule is COCCN(CCOC)[C@H]1CC[C@H](Nc2cccc3c2cc(I)n3CC(F)(F)F)CC1. The topological polar surface area (TPSA) is 38.7 Å². The molecule has 0 bridgehead atoms. The first-order valence-electron chi connectivity index (χ1n) is 10.7. The van der Waals surface area contributed by atoms with E-state index >= 15 is 0 Å². The zero-order valence-corrected chi connectivity index (χ0v) is 20.2. The molecule has 1 aromatic carbocycles. The standard InChI is InChI=1S/C22H31F3IN3O2/c1-30-12-10-28(11-13-31-2)17-8-6-16(7-9-17)27-19-4-3-5-20-18(19)14-21(26)29(20)15-22(23,24)25/h3-5,14,16-17,27H,6-13,15H2,1-2H3/t16-,17-. The highest BCUT2D eigenvalue weighted by molar-refractivity contribution is 14.1. The maximum Gasteiger partial charge on any atom is 0.406 e. The smallest absolute Gasteiger partial charge is 0.383 e. The highest BCUT2D eigenvalue weighted by Crippen LogP contribution is 2.33. The minimum atomic E-state index is -4.24. The lowest BCUT2D eigenvalue weighted by molar-refractivity contribution is -0.140. The predicted octanol–water partition coefficient (Wildman–Crippen LogP) is 5.13. The quantitative estimate of drug-likeness (QED) is 0.415. The second kappa shape index (κ2) is 11.2. The second-order valence-corrected chi connectivity index (χ2v) is 9.18. The van der Waals surface area contributed by atoms with Gasteiger partial charge in [-0.15, -0.1) is 0 Å². The van der Waals surface area contributed by atoms with Crippen LogP contribution in [0.15, 0.2) is 24.3 Å². The largest absolute Gasteiger partial charge is 0.406 e. The van der Waals surface area contributed by atoms with Crippen molar-refractivity contribution in [3.05, 3.63) is 28.0 Å². The van der Waals surface area contributed by atoms with E-state index in [1.54, 1.807) is 20.3 Å². The molecule has 1 N–H and O–H groups in total. The van der Waals surface area contributed by atoms with E-state index in [0.717, 1.165) is 49.8 Å². The van der Waals surface area contributed by atoms with Gasteiger partial charge >= 0.3 is 6.18 Å². The number of methoxy groups -OCH3 is 2. The van der Waals surface area contributed by atoms with Gasteiger partial charge in [0.1, 0.15) is 6.54 Å². The van der Waals surface area contributed by atoms with Gasteiger partial charge in [0.25, 0.3) is 0 Å². The minimum absolute atomic E-state index is 0.317. The molecule has 1 saturated carbocycles. The summed E-state index contributed by atoms with van der Waals surface area (Å²) in [6.07, 6.45) is -0.0394. The van der Waals surface area contributed by atoms with Crippen molar-refractivity contribution in [2.75, 3.05) is 45.8 Å². The van der Waals surface area contributed by atoms with Crippen molar-refractivity contribution in [2.24, 2.45) is 0 Å². The number of anilines is 1. The molecule has 1 aliphatic carbocycles. The third-order valence-electron chi connectivity index (χ3n) is 5.97. The molecule has 1 aromatic heterocycles. The van der Waals surface area contributed by atoms with Gasteiger partial charge in [-0.2, -0.15) is 13.2 Å². The molecule has 0 amide bonds. The van der Waals surface area contributed by atoms with Crippen LogP contribution in [0.25, 0.3) is 10.9 Å². The first-order chi connectivity index (χ1) is 14.8. The fourth-order valence-corrected chi connectivity index (χ4v) is 5.16. The number of nitrogens with one attached hydrogen (secondary N) is 1. The Bertz CT molecular complexity index is 827. The van der Waals surface area contributed by atoms with Crippen LogP contribution in [0.3, 0.4) is 0 Å². The van der Waals surface area contributed by atoms with Crippen LogP contribution < -0.4 is 5.32 Å². The van der Waals surface area contributed by atoms with Crippen molar-refractivity contribution < 1.29 is 22.6 Å². The number of nitrogens with zero attached hydrogens (tertiary/aromatic N) is 2. The summed E-state index contributed by atoms with van der Waals surface area (Å²) in [5, 5.41) is 4.45. The van der Waals surface area contributed by atoms with Crippen molar-refractivity contribution in [3.8, 4) is 0 Å². The molecule has 174 valence electrons. The van der Waals surface area contributed by atoms with Crippen LogP contribution >= 0.6 is 22.6 Å². The summed E-state index contributed by atoms with van der Waals surface area (Å²) >= 11 is 1.98. The van der Waals surface area contributed by atoms with Crippen molar-refractivity contribution in [1.29, 1.82) is 0 Å². The maximum absolute atomic E-state index is 13.0. The van der Waals surface area contributed by atoms with Gasteiger partial charge in [0.2, 0.25) is 0 Å². The van der Waals surface area contributed by atoms with Crippen LogP contribution in [0.2, 0.25) is 0 Å². The van der Waals surface area contributed by atoms with Gasteiger partial charge in [-0.05, 0) is 66.5 Å². The number of alkyl halides is 3. The number of rotatable bonds is 10. The molecule has 1 heterocycles. The molecular weight excluding hydrogens is 522 g/mol. The van der Waals surface area contributed by atoms with E-state index in [0.29, 0.717) is 34.5 Å². The fourth-order valence-electron chi connectivity index (χ4n) is 4.42. The van der Waals surface area contributed by atoms with E-state index in [2.05, 4.69) is 10.2 Å². The van der Waals surface area contributed by atoms with Gasteiger partial charge < -0.3 is 19.4 Å². The summed E-state index contributed by atoms with van der Waals surface area (Å²) in [5.41, 5.74) is 1.53. The third-order valence-corrected chi connectivity index (χ3v) is 6.86. The summed E-state index contributed by atoms with van der Waals surface area (Å²) in [7, 11) is 3.44. The molecule has 0 radical (unpaired) electrons. The Kier molecular flexibility index (Phi) is 8.89. The highest BCUT2D eigenvalue weighted by Gasteiger charge is 2.30. The summed E-state index contributed by atoms with van der Waals surface area (Å²) in [6.45, 7) is 2.23. The second-order valence-electron chi connectivity index (χ2n) is 8.08. The van der Waals surface area contributed by atoms with E-state index in [1.165, 1.54) is 4.57 Å². The maximum atomic E-state index is 13.0. The molecular formula is C22H31F3IN3O2. The summed E-state index contributed by atoms with van der Waals surface area (Å²) in [4.78, 5) is 2.45. The Labute approximate surface area is 195 Å². The van der Waals surface area contributed by atoms with E-state index < -0.39 is 12.7 Å². The number of hydrogen-bond acceptors (Lipinski definition) is 4. The average Bonchev–Trinajstić information content (AvgIpc) is 3.04. The number of hydrogen-bond donors (Lipinski definition) is 1.